The van der Waals surface area contributed by atoms with E-state index in [1.807, 2.05) is 6.92 Å². The van der Waals surface area contributed by atoms with E-state index in [1.165, 1.54) is 0 Å². The smallest absolute Gasteiger partial charge is 0.247 e. The Hall–Kier alpha value is -2.37. The number of oxazole rings is 1. The summed E-state index contributed by atoms with van der Waals surface area (Å²) in [6.07, 6.45) is 1.57. The highest BCUT2D eigenvalue weighted by atomic mass is 19.2. The first kappa shape index (κ1) is 11.7. The number of aryl methyl sites for hydroxylation is 1. The van der Waals surface area contributed by atoms with E-state index in [2.05, 4.69) is 9.97 Å². The number of hydrogen-bond donors (Lipinski definition) is 0. The van der Waals surface area contributed by atoms with Gasteiger partial charge in [0.2, 0.25) is 11.6 Å². The number of fused-ring (bicyclic) bond motifs is 1. The molecule has 2 aromatic heterocycles. The van der Waals surface area contributed by atoms with E-state index in [9.17, 15) is 13.2 Å². The van der Waals surface area contributed by atoms with Crippen molar-refractivity contribution in [3.63, 3.8) is 0 Å². The van der Waals surface area contributed by atoms with Crippen molar-refractivity contribution in [3.05, 3.63) is 47.4 Å². The summed E-state index contributed by atoms with van der Waals surface area (Å²) in [5.41, 5.74) is 1.26. The van der Waals surface area contributed by atoms with E-state index < -0.39 is 17.5 Å². The van der Waals surface area contributed by atoms with Crippen molar-refractivity contribution in [1.82, 2.24) is 9.97 Å². The van der Waals surface area contributed by atoms with Crippen LogP contribution in [-0.4, -0.2) is 9.97 Å². The highest BCUT2D eigenvalue weighted by Crippen LogP contribution is 2.27. The molecule has 0 bridgehead atoms. The number of halogens is 3. The van der Waals surface area contributed by atoms with Crippen LogP contribution >= 0.6 is 0 Å². The molecular weight excluding hydrogens is 257 g/mol. The molecule has 0 fully saturated rings. The summed E-state index contributed by atoms with van der Waals surface area (Å²) in [7, 11) is 0. The van der Waals surface area contributed by atoms with Gasteiger partial charge in [-0.25, -0.2) is 23.1 Å². The summed E-state index contributed by atoms with van der Waals surface area (Å²) in [5, 5.41) is 0. The van der Waals surface area contributed by atoms with Gasteiger partial charge in [0.15, 0.2) is 17.5 Å². The van der Waals surface area contributed by atoms with Gasteiger partial charge in [-0.2, -0.15) is 0 Å². The second kappa shape index (κ2) is 4.08. The van der Waals surface area contributed by atoms with E-state index in [0.717, 1.165) is 17.7 Å². The van der Waals surface area contributed by atoms with Crippen LogP contribution in [0.25, 0.3) is 22.7 Å². The number of nitrogens with zero attached hydrogens (tertiary/aromatic N) is 2. The molecule has 0 atom stereocenters. The van der Waals surface area contributed by atoms with Gasteiger partial charge in [-0.05, 0) is 30.7 Å². The Balaban J connectivity index is 2.22. The van der Waals surface area contributed by atoms with Crippen molar-refractivity contribution in [2.45, 2.75) is 6.92 Å². The molecule has 3 rings (SSSR count). The summed E-state index contributed by atoms with van der Waals surface area (Å²) >= 11 is 0. The summed E-state index contributed by atoms with van der Waals surface area (Å²) in [5.74, 6) is -4.27. The largest absolute Gasteiger partial charge is 0.418 e. The molecule has 0 aliphatic carbocycles. The summed E-state index contributed by atoms with van der Waals surface area (Å²) < 4.78 is 44.9. The van der Waals surface area contributed by atoms with Crippen LogP contribution in [-0.2, 0) is 0 Å². The van der Waals surface area contributed by atoms with Crippen LogP contribution in [0.2, 0.25) is 0 Å². The van der Waals surface area contributed by atoms with Crippen LogP contribution in [0.15, 0.2) is 28.8 Å². The fourth-order valence-corrected chi connectivity index (χ4v) is 1.73. The van der Waals surface area contributed by atoms with Crippen molar-refractivity contribution >= 4 is 11.2 Å². The third-order valence-electron chi connectivity index (χ3n) is 2.65. The average Bonchev–Trinajstić information content (AvgIpc) is 2.78. The Bertz CT molecular complexity index is 783. The van der Waals surface area contributed by atoms with Crippen molar-refractivity contribution in [2.24, 2.45) is 0 Å². The number of hydrogen-bond acceptors (Lipinski definition) is 3. The molecule has 3 aromatic rings. The lowest BCUT2D eigenvalue weighted by Crippen LogP contribution is -1.93. The Morgan fingerprint density at radius 1 is 1.11 bits per heavy atom. The fraction of sp³-hybridized carbons (Fsp3) is 0.0769. The number of pyridine rings is 1. The van der Waals surface area contributed by atoms with Gasteiger partial charge in [-0.1, -0.05) is 0 Å². The Labute approximate surface area is 105 Å². The lowest BCUT2D eigenvalue weighted by atomic mass is 10.2. The molecule has 0 unspecified atom stereocenters. The number of benzene rings is 1. The van der Waals surface area contributed by atoms with Gasteiger partial charge in [0, 0.05) is 6.20 Å². The molecule has 3 nitrogen and oxygen atoms in total. The number of aromatic nitrogens is 2. The standard InChI is InChI=1S/C13H7F3N2O/c1-6-4-9-13(17-5-6)19-12(18-9)7-2-3-8(14)11(16)10(7)15/h2-5H,1H3. The van der Waals surface area contributed by atoms with Gasteiger partial charge in [0.1, 0.15) is 5.52 Å². The Morgan fingerprint density at radius 2 is 1.89 bits per heavy atom. The Morgan fingerprint density at radius 3 is 2.68 bits per heavy atom. The average molecular weight is 264 g/mol. The lowest BCUT2D eigenvalue weighted by molar-refractivity contribution is 0.446. The van der Waals surface area contributed by atoms with E-state index in [0.29, 0.717) is 5.52 Å². The molecule has 2 heterocycles. The number of rotatable bonds is 1. The minimum atomic E-state index is -1.55. The van der Waals surface area contributed by atoms with E-state index in [-0.39, 0.29) is 17.2 Å². The lowest BCUT2D eigenvalue weighted by Gasteiger charge is -1.99. The van der Waals surface area contributed by atoms with E-state index in [4.69, 9.17) is 4.42 Å². The van der Waals surface area contributed by atoms with Gasteiger partial charge in [0.25, 0.3) is 0 Å². The van der Waals surface area contributed by atoms with E-state index in [1.54, 1.807) is 12.3 Å². The first-order valence-corrected chi connectivity index (χ1v) is 5.43. The van der Waals surface area contributed by atoms with Gasteiger partial charge in [-0.3, -0.25) is 0 Å². The van der Waals surface area contributed by atoms with Crippen LogP contribution in [0.3, 0.4) is 0 Å². The van der Waals surface area contributed by atoms with Crippen LogP contribution in [0.5, 0.6) is 0 Å². The molecule has 1 aromatic carbocycles. The molecular formula is C13H7F3N2O. The molecule has 0 aliphatic rings. The molecule has 0 amide bonds. The molecule has 96 valence electrons. The minimum absolute atomic E-state index is 0.135. The van der Waals surface area contributed by atoms with Crippen molar-refractivity contribution in [3.8, 4) is 11.5 Å². The second-order valence-corrected chi connectivity index (χ2v) is 4.08. The predicted octanol–water partition coefficient (Wildman–Crippen LogP) is 3.62. The Kier molecular flexibility index (Phi) is 2.51. The molecule has 0 saturated carbocycles. The second-order valence-electron chi connectivity index (χ2n) is 4.08. The highest BCUT2D eigenvalue weighted by Gasteiger charge is 2.19. The van der Waals surface area contributed by atoms with Gasteiger partial charge in [0.05, 0.1) is 5.56 Å². The van der Waals surface area contributed by atoms with Crippen LogP contribution in [0.4, 0.5) is 13.2 Å². The molecule has 0 spiro atoms. The SMILES string of the molecule is Cc1cnc2oc(-c3ccc(F)c(F)c3F)nc2c1. The quantitative estimate of drug-likeness (QED) is 0.630. The molecule has 0 radical (unpaired) electrons. The molecule has 0 N–H and O–H groups in total. The molecule has 6 heteroatoms. The zero-order valence-electron chi connectivity index (χ0n) is 9.75. The highest BCUT2D eigenvalue weighted by molar-refractivity contribution is 5.73. The van der Waals surface area contributed by atoms with Crippen molar-refractivity contribution in [2.75, 3.05) is 0 Å². The summed E-state index contributed by atoms with van der Waals surface area (Å²) in [6, 6.07) is 3.60. The first-order chi connectivity index (χ1) is 9.06. The fourth-order valence-electron chi connectivity index (χ4n) is 1.73. The summed E-state index contributed by atoms with van der Waals surface area (Å²) in [6.45, 7) is 1.82. The first-order valence-electron chi connectivity index (χ1n) is 5.43. The zero-order chi connectivity index (χ0) is 13.6. The third-order valence-corrected chi connectivity index (χ3v) is 2.65. The monoisotopic (exact) mass is 264 g/mol. The maximum Gasteiger partial charge on any atom is 0.247 e. The van der Waals surface area contributed by atoms with Crippen LogP contribution in [0, 0.1) is 24.4 Å². The normalized spacial score (nSPS) is 11.2. The predicted molar refractivity (Wildman–Crippen MR) is 61.9 cm³/mol. The molecule has 0 saturated heterocycles. The zero-order valence-corrected chi connectivity index (χ0v) is 9.75. The molecule has 0 aliphatic heterocycles. The van der Waals surface area contributed by atoms with E-state index >= 15 is 0 Å². The topological polar surface area (TPSA) is 38.9 Å². The maximum absolute atomic E-state index is 13.6. The van der Waals surface area contributed by atoms with Crippen molar-refractivity contribution < 1.29 is 17.6 Å². The van der Waals surface area contributed by atoms with Gasteiger partial charge < -0.3 is 4.42 Å². The van der Waals surface area contributed by atoms with Gasteiger partial charge in [-0.15, -0.1) is 0 Å². The van der Waals surface area contributed by atoms with Crippen molar-refractivity contribution in [1.29, 1.82) is 0 Å². The van der Waals surface area contributed by atoms with Crippen LogP contribution in [0.1, 0.15) is 5.56 Å². The van der Waals surface area contributed by atoms with Gasteiger partial charge >= 0.3 is 0 Å². The summed E-state index contributed by atoms with van der Waals surface area (Å²) in [4.78, 5) is 7.99. The van der Waals surface area contributed by atoms with Crippen LogP contribution < -0.4 is 0 Å². The maximum atomic E-state index is 13.6. The third kappa shape index (κ3) is 1.85. The minimum Gasteiger partial charge on any atom is -0.418 e. The molecule has 19 heavy (non-hydrogen) atoms.